The Morgan fingerprint density at radius 1 is 0.930 bits per heavy atom. The van der Waals surface area contributed by atoms with E-state index in [1.165, 1.54) is 12.0 Å². The van der Waals surface area contributed by atoms with Gasteiger partial charge < -0.3 is 19.5 Å². The number of nitrogens with zero attached hydrogens (tertiary/aromatic N) is 1. The summed E-state index contributed by atoms with van der Waals surface area (Å²) in [5, 5.41) is 4.53. The van der Waals surface area contributed by atoms with Gasteiger partial charge in [0.15, 0.2) is 18.1 Å². The fraction of sp³-hybridized carbons (Fsp3) is 0.182. The van der Waals surface area contributed by atoms with E-state index in [-0.39, 0.29) is 36.8 Å². The van der Waals surface area contributed by atoms with Gasteiger partial charge in [-0.25, -0.2) is 0 Å². The summed E-state index contributed by atoms with van der Waals surface area (Å²) in [6.45, 7) is 3.99. The van der Waals surface area contributed by atoms with Crippen LogP contribution in [0, 0.1) is 13.8 Å². The molecule has 1 fully saturated rings. The van der Waals surface area contributed by atoms with Crippen LogP contribution in [0.25, 0.3) is 16.8 Å². The zero-order valence-corrected chi connectivity index (χ0v) is 26.2. The fourth-order valence-corrected chi connectivity index (χ4v) is 5.85. The molecule has 0 aliphatic carbocycles. The first-order valence-corrected chi connectivity index (χ1v) is 15.1. The Balaban J connectivity index is 1.19. The molecule has 4 aromatic carbocycles. The van der Waals surface area contributed by atoms with E-state index in [2.05, 4.69) is 21.2 Å². The second-order valence-electron chi connectivity index (χ2n) is 9.75. The number of rotatable bonds is 10. The molecule has 0 unspecified atom stereocenters. The van der Waals surface area contributed by atoms with Gasteiger partial charge in [0.1, 0.15) is 12.4 Å². The van der Waals surface area contributed by atoms with Gasteiger partial charge in [-0.2, -0.15) is 0 Å². The van der Waals surface area contributed by atoms with Crippen molar-refractivity contribution >= 4 is 67.3 Å². The van der Waals surface area contributed by atoms with E-state index in [0.29, 0.717) is 33.4 Å². The minimum Gasteiger partial charge on any atom is -0.493 e. The van der Waals surface area contributed by atoms with E-state index in [9.17, 15) is 14.4 Å². The average Bonchev–Trinajstić information content (AvgIpc) is 3.28. The first kappa shape index (κ1) is 30.2. The highest BCUT2D eigenvalue weighted by atomic mass is 79.9. The van der Waals surface area contributed by atoms with E-state index < -0.39 is 0 Å². The van der Waals surface area contributed by atoms with Crippen LogP contribution in [-0.2, 0) is 9.59 Å². The normalized spacial score (nSPS) is 14.0. The Hall–Kier alpha value is -4.28. The van der Waals surface area contributed by atoms with Gasteiger partial charge in [0.2, 0.25) is 0 Å². The summed E-state index contributed by atoms with van der Waals surface area (Å²) in [6, 6.07) is 22.4. The third kappa shape index (κ3) is 6.87. The largest absolute Gasteiger partial charge is 0.493 e. The first-order valence-electron chi connectivity index (χ1n) is 13.5. The van der Waals surface area contributed by atoms with Crippen LogP contribution in [0.15, 0.2) is 82.2 Å². The topological polar surface area (TPSA) is 94.2 Å². The maximum atomic E-state index is 13.0. The molecular formula is C33H29BrN2O6S. The third-order valence-corrected chi connectivity index (χ3v) is 8.80. The van der Waals surface area contributed by atoms with Crippen molar-refractivity contribution in [1.82, 2.24) is 4.90 Å². The summed E-state index contributed by atoms with van der Waals surface area (Å²) in [5.74, 6) is 0.767. The predicted octanol–water partition coefficient (Wildman–Crippen LogP) is 7.36. The van der Waals surface area contributed by atoms with Crippen molar-refractivity contribution in [2.45, 2.75) is 13.8 Å². The molecule has 1 aliphatic rings. The standard InChI is InChI=1S/C33H29BrN2O6S/c1-20-21(2)26(13-12-25(20)34)35-31(37)19-42-28-14-11-22(17-29(28)40-3)18-30-32(38)36(33(39)43-30)15-16-41-27-10-6-8-23-7-4-5-9-24(23)27/h4-14,17-18H,15-16,19H2,1-3H3,(H,35,37)/b30-18-. The van der Waals surface area contributed by atoms with E-state index in [1.54, 1.807) is 24.3 Å². The molecule has 10 heteroatoms. The zero-order valence-electron chi connectivity index (χ0n) is 23.8. The number of carbonyl (C=O) groups excluding carboxylic acids is 3. The number of carbonyl (C=O) groups is 3. The Bertz CT molecular complexity index is 1750. The van der Waals surface area contributed by atoms with Gasteiger partial charge in [-0.05, 0) is 84.1 Å². The molecule has 3 amide bonds. The number of amides is 3. The van der Waals surface area contributed by atoms with Crippen molar-refractivity contribution in [3.05, 3.63) is 98.9 Å². The van der Waals surface area contributed by atoms with Crippen molar-refractivity contribution in [3.8, 4) is 17.2 Å². The number of anilines is 1. The van der Waals surface area contributed by atoms with E-state index in [1.807, 2.05) is 68.4 Å². The van der Waals surface area contributed by atoms with E-state index in [0.717, 1.165) is 38.1 Å². The number of hydrogen-bond acceptors (Lipinski definition) is 7. The first-order chi connectivity index (χ1) is 20.7. The van der Waals surface area contributed by atoms with Crippen molar-refractivity contribution in [2.75, 3.05) is 32.2 Å². The van der Waals surface area contributed by atoms with E-state index >= 15 is 0 Å². The van der Waals surface area contributed by atoms with Crippen LogP contribution in [0.1, 0.15) is 16.7 Å². The fourth-order valence-electron chi connectivity index (χ4n) is 4.56. The van der Waals surface area contributed by atoms with Crippen LogP contribution < -0.4 is 19.5 Å². The number of imide groups is 1. The highest BCUT2D eigenvalue weighted by Crippen LogP contribution is 2.35. The van der Waals surface area contributed by atoms with Gasteiger partial charge in [0.05, 0.1) is 18.6 Å². The molecule has 0 spiro atoms. The zero-order chi connectivity index (χ0) is 30.5. The van der Waals surface area contributed by atoms with Crippen molar-refractivity contribution < 1.29 is 28.6 Å². The van der Waals surface area contributed by atoms with Crippen molar-refractivity contribution in [3.63, 3.8) is 0 Å². The van der Waals surface area contributed by atoms with Gasteiger partial charge >= 0.3 is 0 Å². The number of thioether (sulfide) groups is 1. The summed E-state index contributed by atoms with van der Waals surface area (Å²) < 4.78 is 18.1. The highest BCUT2D eigenvalue weighted by molar-refractivity contribution is 9.10. The van der Waals surface area contributed by atoms with Crippen LogP contribution in [0.2, 0.25) is 0 Å². The Morgan fingerprint density at radius 3 is 2.53 bits per heavy atom. The maximum absolute atomic E-state index is 13.0. The lowest BCUT2D eigenvalue weighted by molar-refractivity contribution is -0.123. The third-order valence-electron chi connectivity index (χ3n) is 7.04. The van der Waals surface area contributed by atoms with Gasteiger partial charge in [-0.1, -0.05) is 58.4 Å². The number of benzene rings is 4. The molecule has 1 heterocycles. The Labute approximate surface area is 262 Å². The summed E-state index contributed by atoms with van der Waals surface area (Å²) in [6.07, 6.45) is 1.63. The van der Waals surface area contributed by atoms with Crippen molar-refractivity contribution in [1.29, 1.82) is 0 Å². The average molecular weight is 662 g/mol. The molecule has 5 rings (SSSR count). The maximum Gasteiger partial charge on any atom is 0.293 e. The number of halogens is 1. The van der Waals surface area contributed by atoms with Gasteiger partial charge in [0.25, 0.3) is 17.1 Å². The SMILES string of the molecule is COc1cc(/C=C2\SC(=O)N(CCOc3cccc4ccccc34)C2=O)ccc1OCC(=O)Nc1ccc(Br)c(C)c1C. The van der Waals surface area contributed by atoms with Crippen LogP contribution in [0.4, 0.5) is 10.5 Å². The minimum atomic E-state index is -0.383. The Morgan fingerprint density at radius 2 is 1.72 bits per heavy atom. The summed E-state index contributed by atoms with van der Waals surface area (Å²) in [4.78, 5) is 39.7. The minimum absolute atomic E-state index is 0.128. The lowest BCUT2D eigenvalue weighted by atomic mass is 10.1. The molecule has 0 radical (unpaired) electrons. The highest BCUT2D eigenvalue weighted by Gasteiger charge is 2.35. The van der Waals surface area contributed by atoms with E-state index in [4.69, 9.17) is 14.2 Å². The summed E-state index contributed by atoms with van der Waals surface area (Å²) in [7, 11) is 1.49. The molecular weight excluding hydrogens is 632 g/mol. The molecule has 1 saturated heterocycles. The quantitative estimate of drug-likeness (QED) is 0.178. The van der Waals surface area contributed by atoms with Crippen molar-refractivity contribution in [2.24, 2.45) is 0 Å². The molecule has 1 aliphatic heterocycles. The molecule has 43 heavy (non-hydrogen) atoms. The number of hydrogen-bond donors (Lipinski definition) is 1. The molecule has 8 nitrogen and oxygen atoms in total. The Kier molecular flexibility index (Phi) is 9.37. The second kappa shape index (κ2) is 13.4. The molecule has 4 aromatic rings. The smallest absolute Gasteiger partial charge is 0.293 e. The molecule has 0 saturated carbocycles. The number of fused-ring (bicyclic) bond motifs is 1. The monoisotopic (exact) mass is 660 g/mol. The number of ether oxygens (including phenoxy) is 3. The molecule has 0 bridgehead atoms. The molecule has 0 atom stereocenters. The van der Waals surface area contributed by atoms with Gasteiger partial charge in [0, 0.05) is 15.5 Å². The second-order valence-corrected chi connectivity index (χ2v) is 11.6. The predicted molar refractivity (Wildman–Crippen MR) is 173 cm³/mol. The van der Waals surface area contributed by atoms with Crippen LogP contribution >= 0.6 is 27.7 Å². The molecule has 1 N–H and O–H groups in total. The molecule has 0 aromatic heterocycles. The summed E-state index contributed by atoms with van der Waals surface area (Å²) in [5.41, 5.74) is 3.37. The number of methoxy groups -OCH3 is 1. The van der Waals surface area contributed by atoms with Crippen LogP contribution in [-0.4, -0.2) is 48.8 Å². The number of nitrogens with one attached hydrogen (secondary N) is 1. The lowest BCUT2D eigenvalue weighted by Gasteiger charge is -2.14. The van der Waals surface area contributed by atoms with Crippen LogP contribution in [0.3, 0.4) is 0 Å². The van der Waals surface area contributed by atoms with Gasteiger partial charge in [-0.15, -0.1) is 0 Å². The summed E-state index contributed by atoms with van der Waals surface area (Å²) >= 11 is 4.37. The molecule has 220 valence electrons. The van der Waals surface area contributed by atoms with Crippen LogP contribution in [0.5, 0.6) is 17.2 Å². The lowest BCUT2D eigenvalue weighted by Crippen LogP contribution is -2.32. The van der Waals surface area contributed by atoms with Gasteiger partial charge in [-0.3, -0.25) is 19.3 Å².